The molecular weight excluding hydrogens is 396 g/mol. The van der Waals surface area contributed by atoms with Crippen molar-refractivity contribution in [3.05, 3.63) is 0 Å². The van der Waals surface area contributed by atoms with E-state index in [9.17, 15) is 0 Å². The number of carboxylic acids is 2. The molecule has 0 unspecified atom stereocenters. The normalized spacial score (nSPS) is 8.67. The zero-order chi connectivity index (χ0) is 9.65. The fourth-order valence-electron chi connectivity index (χ4n) is 0. The molecule has 0 rings (SSSR count). The predicted molar refractivity (Wildman–Crippen MR) is 39.2 cm³/mol. The summed E-state index contributed by atoms with van der Waals surface area (Å²) < 4.78 is 0. The number of aliphatic carboxylic acids is 2. The summed E-state index contributed by atoms with van der Waals surface area (Å²) in [5.74, 6) is -4.37. The van der Waals surface area contributed by atoms with Gasteiger partial charge < -0.3 is 19.8 Å². The van der Waals surface area contributed by atoms with Crippen LogP contribution < -0.4 is 10.2 Å². The van der Waals surface area contributed by atoms with Gasteiger partial charge >= 0.3 is 73.5 Å². The minimum Gasteiger partial charge on any atom is 2.00 e. The van der Waals surface area contributed by atoms with Crippen LogP contribution in [0.4, 0.5) is 0 Å². The molecule has 0 aliphatic rings. The third kappa shape index (κ3) is 41.5. The van der Waals surface area contributed by atoms with Crippen molar-refractivity contribution in [3.63, 3.8) is 0 Å². The molecule has 0 aliphatic heterocycles. The first-order chi connectivity index (χ1) is 4.64. The monoisotopic (exact) mass is 396 g/mol. The van der Waals surface area contributed by atoms with E-state index < -0.39 is 24.3 Å². The van der Waals surface area contributed by atoms with Crippen molar-refractivity contribution in [1.29, 1.82) is 0 Å². The molecule has 0 amide bonds. The van der Waals surface area contributed by atoms with E-state index in [1.807, 2.05) is 0 Å². The minimum atomic E-state index is -3.11. The van der Waals surface area contributed by atoms with E-state index in [0.717, 1.165) is 0 Å². The molecule has 0 fully saturated rings. The van der Waals surface area contributed by atoms with Crippen molar-refractivity contribution in [2.75, 3.05) is 0 Å². The van der Waals surface area contributed by atoms with Crippen LogP contribution in [0.1, 0.15) is 0 Å². The zero-order valence-corrected chi connectivity index (χ0v) is 12.6. The standard InChI is InChI=1S/C2H2O4.4ClH.Sn.Ti/c3-1(4)2(5)6;;;;;;/h(H,3,4)(H,5,6);4*1H;;/q;;;;;+2;+4/p-6. The number of hydrogen-bond donors (Lipinski definition) is 0. The van der Waals surface area contributed by atoms with E-state index in [1.165, 1.54) is 0 Å². The largest absolute Gasteiger partial charge is 2.00 e. The molecule has 12 heavy (non-hydrogen) atoms. The molecule has 4 nitrogen and oxygen atoms in total. The maximum absolute atomic E-state index is 8.93. The van der Waals surface area contributed by atoms with Gasteiger partial charge in [-0.3, -0.25) is 0 Å². The van der Waals surface area contributed by atoms with Gasteiger partial charge in [0.15, 0.2) is 0 Å². The molecule has 0 heterocycles. The number of carbonyl (C=O) groups excluding carboxylic acids is 2. The Morgan fingerprint density at radius 1 is 0.917 bits per heavy atom. The molecule has 0 N–H and O–H groups in total. The molecule has 0 aromatic rings. The maximum Gasteiger partial charge on any atom is 2.00 e. The molecule has 0 saturated carbocycles. The first-order valence-corrected chi connectivity index (χ1v) is 10.4. The molecule has 0 atom stereocenters. The van der Waals surface area contributed by atoms with Gasteiger partial charge in [0.05, 0.1) is 11.9 Å². The maximum atomic E-state index is 8.93. The van der Waals surface area contributed by atoms with Gasteiger partial charge in [-0.05, 0) is 0 Å². The third-order valence-electron chi connectivity index (χ3n) is 0.167. The third-order valence-corrected chi connectivity index (χ3v) is 0.167. The Bertz CT molecular complexity index is 140. The van der Waals surface area contributed by atoms with E-state index >= 15 is 0 Å². The quantitative estimate of drug-likeness (QED) is 0.383. The number of carbonyl (C=O) groups is 2. The van der Waals surface area contributed by atoms with Gasteiger partial charge in [0.2, 0.25) is 0 Å². The molecule has 0 bridgehead atoms. The zero-order valence-electron chi connectivity index (χ0n) is 5.14. The molecule has 68 valence electrons. The van der Waals surface area contributed by atoms with Gasteiger partial charge in [-0.15, -0.1) is 0 Å². The molecular formula is C2Cl4O4SnTi. The van der Waals surface area contributed by atoms with Crippen LogP contribution in [-0.4, -0.2) is 35.8 Å². The Morgan fingerprint density at radius 2 is 1.00 bits per heavy atom. The molecule has 0 spiro atoms. The molecule has 0 aliphatic carbocycles. The smallest absolute Gasteiger partial charge is 2.00 e. The number of rotatable bonds is 0. The minimum absolute atomic E-state index is 0. The van der Waals surface area contributed by atoms with Gasteiger partial charge in [-0.1, -0.05) is 0 Å². The fraction of sp³-hybridized carbons (Fsp3) is 0. The van der Waals surface area contributed by atoms with E-state index in [0.29, 0.717) is 0 Å². The second kappa shape index (κ2) is 9.18. The van der Waals surface area contributed by atoms with E-state index in [2.05, 4.69) is 0 Å². The molecule has 10 heteroatoms. The summed E-state index contributed by atoms with van der Waals surface area (Å²) in [5.41, 5.74) is 0. The molecule has 2 radical (unpaired) electrons. The van der Waals surface area contributed by atoms with Crippen molar-refractivity contribution in [3.8, 4) is 0 Å². The van der Waals surface area contributed by atoms with Crippen LogP contribution in [0.15, 0.2) is 0 Å². The van der Waals surface area contributed by atoms with Crippen molar-refractivity contribution in [2.24, 2.45) is 0 Å². The van der Waals surface area contributed by atoms with Crippen molar-refractivity contribution in [1.82, 2.24) is 0 Å². The van der Waals surface area contributed by atoms with Crippen LogP contribution in [0.5, 0.6) is 0 Å². The first kappa shape index (κ1) is 19.2. The molecule has 0 saturated heterocycles. The van der Waals surface area contributed by atoms with E-state index in [-0.39, 0.29) is 23.9 Å². The van der Waals surface area contributed by atoms with Crippen molar-refractivity contribution < 1.29 is 32.1 Å². The summed E-state index contributed by atoms with van der Waals surface area (Å²) in [5, 5.41) is 17.9. The summed E-state index contributed by atoms with van der Waals surface area (Å²) in [6.45, 7) is 0. The van der Waals surface area contributed by atoms with Gasteiger partial charge in [-0.25, -0.2) is 0 Å². The van der Waals surface area contributed by atoms with Crippen LogP contribution in [0.2, 0.25) is 0 Å². The summed E-state index contributed by atoms with van der Waals surface area (Å²) >= 11 is -3.11. The van der Waals surface area contributed by atoms with Gasteiger partial charge in [0.25, 0.3) is 0 Å². The average Bonchev–Trinajstić information content (AvgIpc) is 1.59. The Morgan fingerprint density at radius 3 is 1.00 bits per heavy atom. The Labute approximate surface area is 104 Å². The summed E-state index contributed by atoms with van der Waals surface area (Å²) in [4.78, 5) is 17.9. The summed E-state index contributed by atoms with van der Waals surface area (Å²) in [7, 11) is 20.1. The Hall–Kier alpha value is 1.61. The molecule has 0 aromatic heterocycles. The van der Waals surface area contributed by atoms with E-state index in [4.69, 9.17) is 57.0 Å². The van der Waals surface area contributed by atoms with Gasteiger partial charge in [0.1, 0.15) is 0 Å². The first-order valence-electron chi connectivity index (χ1n) is 1.82. The Balaban J connectivity index is -0.000000126. The topological polar surface area (TPSA) is 80.3 Å². The second-order valence-electron chi connectivity index (χ2n) is 1.00. The van der Waals surface area contributed by atoms with Crippen LogP contribution in [0, 0.1) is 0 Å². The molecule has 0 aromatic carbocycles. The van der Waals surface area contributed by atoms with E-state index in [1.54, 1.807) is 0 Å². The Kier molecular flexibility index (Phi) is 14.7. The fourth-order valence-corrected chi connectivity index (χ4v) is 0. The van der Waals surface area contributed by atoms with Gasteiger partial charge in [-0.2, -0.15) is 0 Å². The van der Waals surface area contributed by atoms with Crippen LogP contribution in [0.3, 0.4) is 0 Å². The number of hydrogen-bond acceptors (Lipinski definition) is 4. The van der Waals surface area contributed by atoms with Gasteiger partial charge in [0, 0.05) is 0 Å². The predicted octanol–water partition coefficient (Wildman–Crippen LogP) is -1.14. The number of halogens is 4. The second-order valence-corrected chi connectivity index (χ2v) is 16.5. The SMILES string of the molecule is O=C([O-])C(=O)[O-].[Cl][Ti]([Cl])([Cl])[Cl].[Sn+2]. The summed E-state index contributed by atoms with van der Waals surface area (Å²) in [6.07, 6.45) is 0. The van der Waals surface area contributed by atoms with Crippen LogP contribution >= 0.6 is 37.2 Å². The van der Waals surface area contributed by atoms with Crippen LogP contribution in [-0.2, 0) is 21.9 Å². The van der Waals surface area contributed by atoms with Crippen molar-refractivity contribution >= 4 is 73.1 Å². The number of carboxylic acid groups (broad SMARTS) is 2. The van der Waals surface area contributed by atoms with Crippen molar-refractivity contribution in [2.45, 2.75) is 0 Å². The van der Waals surface area contributed by atoms with Crippen LogP contribution in [0.25, 0.3) is 0 Å². The summed E-state index contributed by atoms with van der Waals surface area (Å²) in [6, 6.07) is 0. The average molecular weight is 396 g/mol.